The van der Waals surface area contributed by atoms with Gasteiger partial charge >= 0.3 is 6.03 Å². The van der Waals surface area contributed by atoms with Crippen molar-refractivity contribution in [2.75, 3.05) is 18.6 Å². The summed E-state index contributed by atoms with van der Waals surface area (Å²) in [5.41, 5.74) is 6.17. The maximum Gasteiger partial charge on any atom is 0.354 e. The normalized spacial score (nSPS) is 18.8. The zero-order valence-corrected chi connectivity index (χ0v) is 13.3. The lowest BCUT2D eigenvalue weighted by molar-refractivity contribution is 0.260. The number of aryl methyl sites for hydroxylation is 2. The Hall–Kier alpha value is -1.40. The molecule has 0 saturated carbocycles. The monoisotopic (exact) mass is 307 g/mol. The minimum absolute atomic E-state index is 0.522. The molecule has 0 fully saturated rings. The van der Waals surface area contributed by atoms with E-state index in [2.05, 4.69) is 20.5 Å². The maximum absolute atomic E-state index is 12.1. The van der Waals surface area contributed by atoms with E-state index in [4.69, 9.17) is 0 Å². The Morgan fingerprint density at radius 3 is 2.24 bits per heavy atom. The van der Waals surface area contributed by atoms with Crippen molar-refractivity contribution in [2.45, 2.75) is 38.5 Å². The standard InChI is InChI=1S/C15H21N3O2S/c1-16-21(2,20)18-15(19)17-14-12-7-3-5-10(12)9-11-6-4-8-13(11)14/h9H,3-8H2,1-2H3,(H2,16,17,18,19,20). The molecular weight excluding hydrogens is 286 g/mol. The molecule has 2 aliphatic rings. The van der Waals surface area contributed by atoms with Crippen LogP contribution in [0.15, 0.2) is 10.4 Å². The van der Waals surface area contributed by atoms with Crippen molar-refractivity contribution in [3.8, 4) is 0 Å². The number of anilines is 1. The Balaban J connectivity index is 1.98. The van der Waals surface area contributed by atoms with Crippen LogP contribution in [-0.2, 0) is 35.6 Å². The molecule has 2 amide bonds. The van der Waals surface area contributed by atoms with Crippen molar-refractivity contribution in [1.82, 2.24) is 4.72 Å². The highest BCUT2D eigenvalue weighted by molar-refractivity contribution is 7.91. The van der Waals surface area contributed by atoms with Crippen molar-refractivity contribution in [2.24, 2.45) is 4.36 Å². The third-order valence-electron chi connectivity index (χ3n) is 4.34. The third kappa shape index (κ3) is 2.82. The van der Waals surface area contributed by atoms with Gasteiger partial charge < -0.3 is 5.32 Å². The Bertz CT molecular complexity index is 686. The van der Waals surface area contributed by atoms with Gasteiger partial charge in [0.2, 0.25) is 0 Å². The van der Waals surface area contributed by atoms with Crippen molar-refractivity contribution < 1.29 is 9.00 Å². The molecule has 0 heterocycles. The van der Waals surface area contributed by atoms with Crippen LogP contribution in [0, 0.1) is 0 Å². The predicted octanol–water partition coefficient (Wildman–Crippen LogP) is 2.43. The molecule has 1 aromatic carbocycles. The first-order valence-electron chi connectivity index (χ1n) is 7.38. The summed E-state index contributed by atoms with van der Waals surface area (Å²) in [5, 5.41) is 2.91. The minimum Gasteiger partial charge on any atom is -0.305 e. The van der Waals surface area contributed by atoms with Gasteiger partial charge in [0, 0.05) is 11.9 Å². The first kappa shape index (κ1) is 14.5. The minimum atomic E-state index is -2.65. The van der Waals surface area contributed by atoms with Gasteiger partial charge in [0.25, 0.3) is 0 Å². The second-order valence-corrected chi connectivity index (χ2v) is 7.96. The number of rotatable bonds is 2. The molecule has 0 saturated heterocycles. The smallest absolute Gasteiger partial charge is 0.305 e. The van der Waals surface area contributed by atoms with E-state index >= 15 is 0 Å². The van der Waals surface area contributed by atoms with Gasteiger partial charge in [-0.25, -0.2) is 13.7 Å². The van der Waals surface area contributed by atoms with E-state index in [9.17, 15) is 9.00 Å². The molecule has 0 aromatic heterocycles. The van der Waals surface area contributed by atoms with Crippen molar-refractivity contribution >= 4 is 21.6 Å². The van der Waals surface area contributed by atoms with Crippen molar-refractivity contribution in [3.63, 3.8) is 0 Å². The number of hydrogen-bond acceptors (Lipinski definition) is 2. The second-order valence-electron chi connectivity index (χ2n) is 5.76. The molecule has 5 nitrogen and oxygen atoms in total. The second kappa shape index (κ2) is 5.42. The van der Waals surface area contributed by atoms with Gasteiger partial charge in [0.15, 0.2) is 0 Å². The van der Waals surface area contributed by atoms with Crippen LogP contribution in [0.5, 0.6) is 0 Å². The van der Waals surface area contributed by atoms with Gasteiger partial charge in [0.1, 0.15) is 9.92 Å². The summed E-state index contributed by atoms with van der Waals surface area (Å²) in [5.74, 6) is 0. The lowest BCUT2D eigenvalue weighted by Gasteiger charge is -2.15. The van der Waals surface area contributed by atoms with E-state index in [0.717, 1.165) is 44.2 Å². The Morgan fingerprint density at radius 1 is 1.14 bits per heavy atom. The molecule has 1 unspecified atom stereocenters. The number of nitrogens with zero attached hydrogens (tertiary/aromatic N) is 1. The number of benzene rings is 1. The van der Waals surface area contributed by atoms with E-state index in [1.165, 1.54) is 35.6 Å². The van der Waals surface area contributed by atoms with Gasteiger partial charge in [-0.3, -0.25) is 0 Å². The van der Waals surface area contributed by atoms with Gasteiger partial charge in [-0.2, -0.15) is 0 Å². The van der Waals surface area contributed by atoms with Gasteiger partial charge in [0.05, 0.1) is 0 Å². The summed E-state index contributed by atoms with van der Waals surface area (Å²) in [6, 6.07) is 1.79. The average Bonchev–Trinajstić information content (AvgIpc) is 3.06. The van der Waals surface area contributed by atoms with Crippen LogP contribution in [0.2, 0.25) is 0 Å². The summed E-state index contributed by atoms with van der Waals surface area (Å²) < 4.78 is 18.2. The van der Waals surface area contributed by atoms with E-state index < -0.39 is 15.9 Å². The van der Waals surface area contributed by atoms with E-state index in [1.54, 1.807) is 0 Å². The lowest BCUT2D eigenvalue weighted by atomic mass is 9.99. The highest BCUT2D eigenvalue weighted by Gasteiger charge is 2.25. The van der Waals surface area contributed by atoms with Crippen molar-refractivity contribution in [1.29, 1.82) is 0 Å². The Kier molecular flexibility index (Phi) is 3.75. The molecule has 21 heavy (non-hydrogen) atoms. The van der Waals surface area contributed by atoms with E-state index in [-0.39, 0.29) is 0 Å². The molecule has 3 rings (SSSR count). The highest BCUT2D eigenvalue weighted by Crippen LogP contribution is 2.38. The molecule has 0 radical (unpaired) electrons. The summed E-state index contributed by atoms with van der Waals surface area (Å²) in [4.78, 5) is 12.1. The SMILES string of the molecule is CNS(C)(=O)=NC(=O)Nc1c2c(cc3c1CCC3)CCC2. The molecular formula is C15H21N3O2S. The van der Waals surface area contributed by atoms with Crippen LogP contribution in [0.1, 0.15) is 35.1 Å². The molecule has 0 spiro atoms. The molecule has 6 heteroatoms. The first-order valence-corrected chi connectivity index (χ1v) is 9.30. The van der Waals surface area contributed by atoms with Crippen LogP contribution in [0.4, 0.5) is 10.5 Å². The number of urea groups is 1. The number of fused-ring (bicyclic) bond motifs is 2. The van der Waals surface area contributed by atoms with Gasteiger partial charge in [-0.05, 0) is 67.8 Å². The number of nitrogens with one attached hydrogen (secondary N) is 2. The van der Waals surface area contributed by atoms with Gasteiger partial charge in [-0.1, -0.05) is 6.07 Å². The van der Waals surface area contributed by atoms with E-state index in [0.29, 0.717) is 0 Å². The fourth-order valence-electron chi connectivity index (χ4n) is 3.30. The highest BCUT2D eigenvalue weighted by atomic mass is 32.2. The number of hydrogen-bond donors (Lipinski definition) is 2. The Morgan fingerprint density at radius 2 is 1.71 bits per heavy atom. The van der Waals surface area contributed by atoms with Gasteiger partial charge in [-0.15, -0.1) is 4.36 Å². The quantitative estimate of drug-likeness (QED) is 0.881. The Labute approximate surface area is 125 Å². The summed E-state index contributed by atoms with van der Waals surface area (Å²) >= 11 is 0. The number of carbonyl (C=O) groups excluding carboxylic acids is 1. The van der Waals surface area contributed by atoms with Crippen LogP contribution < -0.4 is 10.0 Å². The van der Waals surface area contributed by atoms with Crippen molar-refractivity contribution in [3.05, 3.63) is 28.3 Å². The zero-order chi connectivity index (χ0) is 15.0. The zero-order valence-electron chi connectivity index (χ0n) is 12.5. The topological polar surface area (TPSA) is 70.6 Å². The summed E-state index contributed by atoms with van der Waals surface area (Å²) in [6.45, 7) is 0. The molecule has 1 atom stereocenters. The molecule has 0 bridgehead atoms. The molecule has 0 aliphatic heterocycles. The summed E-state index contributed by atoms with van der Waals surface area (Å²) in [6.07, 6.45) is 7.88. The predicted molar refractivity (Wildman–Crippen MR) is 85.1 cm³/mol. The average molecular weight is 307 g/mol. The summed E-state index contributed by atoms with van der Waals surface area (Å²) in [7, 11) is -1.12. The molecule has 2 aliphatic carbocycles. The van der Waals surface area contributed by atoms with Crippen LogP contribution in [-0.4, -0.2) is 23.5 Å². The first-order chi connectivity index (χ1) is 10.00. The molecule has 1 aromatic rings. The van der Waals surface area contributed by atoms with E-state index in [1.807, 2.05) is 0 Å². The third-order valence-corrected chi connectivity index (χ3v) is 5.61. The maximum atomic E-state index is 12.1. The fraction of sp³-hybridized carbons (Fsp3) is 0.533. The van der Waals surface area contributed by atoms with Crippen LogP contribution in [0.25, 0.3) is 0 Å². The van der Waals surface area contributed by atoms with Crippen LogP contribution >= 0.6 is 0 Å². The molecule has 2 N–H and O–H groups in total. The largest absolute Gasteiger partial charge is 0.354 e. The number of amides is 2. The number of carbonyl (C=O) groups is 1. The van der Waals surface area contributed by atoms with Crippen LogP contribution in [0.3, 0.4) is 0 Å². The fourth-order valence-corrected chi connectivity index (χ4v) is 3.75. The molecule has 114 valence electrons. The lowest BCUT2D eigenvalue weighted by Crippen LogP contribution is -2.20.